The second-order valence-electron chi connectivity index (χ2n) is 3.60. The van der Waals surface area contributed by atoms with Crippen molar-refractivity contribution >= 4 is 18.4 Å². The van der Waals surface area contributed by atoms with Gasteiger partial charge in [0.05, 0.1) is 6.21 Å². The van der Waals surface area contributed by atoms with E-state index >= 15 is 0 Å². The number of phenolic OH excluding ortho intramolecular Hbond substituents is 2. The number of rotatable bonds is 3. The number of aryl methyl sites for hydroxylation is 1. The van der Waals surface area contributed by atoms with Gasteiger partial charge in [-0.25, -0.2) is 0 Å². The number of phenols is 2. The molecule has 18 heavy (non-hydrogen) atoms. The summed E-state index contributed by atoms with van der Waals surface area (Å²) in [6.45, 7) is 1.95. The van der Waals surface area contributed by atoms with Crippen LogP contribution < -0.4 is 0 Å². The average molecular weight is 264 g/mol. The van der Waals surface area contributed by atoms with Gasteiger partial charge in [-0.05, 0) is 36.0 Å². The lowest BCUT2D eigenvalue weighted by Gasteiger charge is -1.99. The Morgan fingerprint density at radius 3 is 2.89 bits per heavy atom. The molecule has 1 aromatic carbocycles. The number of aromatic nitrogens is 3. The zero-order chi connectivity index (χ0) is 13.1. The zero-order valence-electron chi connectivity index (χ0n) is 9.66. The largest absolute Gasteiger partial charge is 0.504 e. The van der Waals surface area contributed by atoms with Crippen molar-refractivity contribution in [3.63, 3.8) is 0 Å². The topological polar surface area (TPSA) is 86.4 Å². The first-order valence-electron chi connectivity index (χ1n) is 5.34. The third kappa shape index (κ3) is 2.40. The molecule has 0 atom stereocenters. The lowest BCUT2D eigenvalue weighted by Crippen LogP contribution is -1.97. The van der Waals surface area contributed by atoms with Crippen LogP contribution in [0.3, 0.4) is 0 Å². The number of H-pyrrole nitrogens is 1. The highest BCUT2D eigenvalue weighted by molar-refractivity contribution is 7.71. The van der Waals surface area contributed by atoms with E-state index in [1.807, 2.05) is 6.92 Å². The highest BCUT2D eigenvalue weighted by Gasteiger charge is 2.02. The van der Waals surface area contributed by atoms with Crippen LogP contribution in [0.15, 0.2) is 23.3 Å². The van der Waals surface area contributed by atoms with E-state index in [1.165, 1.54) is 23.0 Å². The predicted molar refractivity (Wildman–Crippen MR) is 69.6 cm³/mol. The third-order valence-corrected chi connectivity index (χ3v) is 2.62. The molecular formula is C11H12N4O2S. The summed E-state index contributed by atoms with van der Waals surface area (Å²) >= 11 is 5.04. The van der Waals surface area contributed by atoms with Crippen molar-refractivity contribution in [1.82, 2.24) is 14.9 Å². The number of benzene rings is 1. The summed E-state index contributed by atoms with van der Waals surface area (Å²) in [6, 6.07) is 4.44. The molecule has 0 saturated heterocycles. The molecule has 1 heterocycles. The molecule has 6 nitrogen and oxygen atoms in total. The van der Waals surface area contributed by atoms with Gasteiger partial charge in [0.25, 0.3) is 0 Å². The van der Waals surface area contributed by atoms with Gasteiger partial charge in [-0.15, -0.1) is 0 Å². The Hall–Kier alpha value is -2.15. The van der Waals surface area contributed by atoms with Crippen molar-refractivity contribution in [1.29, 1.82) is 0 Å². The SMILES string of the molecule is CCc1n[nH]c(=S)n1/N=C/c1ccc(O)c(O)c1. The van der Waals surface area contributed by atoms with Crippen LogP contribution in [-0.2, 0) is 6.42 Å². The summed E-state index contributed by atoms with van der Waals surface area (Å²) in [4.78, 5) is 0. The fourth-order valence-electron chi connectivity index (χ4n) is 1.42. The maximum atomic E-state index is 9.36. The van der Waals surface area contributed by atoms with E-state index in [9.17, 15) is 10.2 Å². The van der Waals surface area contributed by atoms with Crippen LogP contribution in [0.4, 0.5) is 0 Å². The Kier molecular flexibility index (Phi) is 3.42. The number of nitrogens with one attached hydrogen (secondary N) is 1. The van der Waals surface area contributed by atoms with Crippen LogP contribution in [0, 0.1) is 4.77 Å². The second kappa shape index (κ2) is 5.01. The minimum absolute atomic E-state index is 0.165. The number of aromatic amines is 1. The molecule has 0 fully saturated rings. The van der Waals surface area contributed by atoms with Gasteiger partial charge in [0.2, 0.25) is 4.77 Å². The maximum absolute atomic E-state index is 9.36. The molecule has 0 radical (unpaired) electrons. The molecule has 0 unspecified atom stereocenters. The van der Waals surface area contributed by atoms with Crippen LogP contribution in [0.2, 0.25) is 0 Å². The Labute approximate surface area is 108 Å². The van der Waals surface area contributed by atoms with Gasteiger partial charge in [0.1, 0.15) is 0 Å². The van der Waals surface area contributed by atoms with Gasteiger partial charge in [-0.3, -0.25) is 5.10 Å². The summed E-state index contributed by atoms with van der Waals surface area (Å²) in [5.41, 5.74) is 0.649. The summed E-state index contributed by atoms with van der Waals surface area (Å²) in [5.74, 6) is 0.367. The average Bonchev–Trinajstić information content (AvgIpc) is 2.71. The fraction of sp³-hybridized carbons (Fsp3) is 0.182. The molecule has 0 spiro atoms. The fourth-order valence-corrected chi connectivity index (χ4v) is 1.62. The number of hydrogen-bond acceptors (Lipinski definition) is 5. The van der Waals surface area contributed by atoms with Gasteiger partial charge in [0.15, 0.2) is 17.3 Å². The van der Waals surface area contributed by atoms with Crippen LogP contribution >= 0.6 is 12.2 Å². The second-order valence-corrected chi connectivity index (χ2v) is 3.99. The minimum atomic E-state index is -0.189. The maximum Gasteiger partial charge on any atom is 0.216 e. The molecule has 2 rings (SSSR count). The Balaban J connectivity index is 2.32. The lowest BCUT2D eigenvalue weighted by molar-refractivity contribution is 0.403. The molecule has 3 N–H and O–H groups in total. The van der Waals surface area contributed by atoms with E-state index < -0.39 is 0 Å². The molecule has 0 aliphatic rings. The van der Waals surface area contributed by atoms with E-state index in [-0.39, 0.29) is 11.5 Å². The summed E-state index contributed by atoms with van der Waals surface area (Å²) in [5, 5.41) is 29.4. The van der Waals surface area contributed by atoms with E-state index in [4.69, 9.17) is 12.2 Å². The van der Waals surface area contributed by atoms with Gasteiger partial charge >= 0.3 is 0 Å². The minimum Gasteiger partial charge on any atom is -0.504 e. The lowest BCUT2D eigenvalue weighted by atomic mass is 10.2. The first-order chi connectivity index (χ1) is 8.61. The van der Waals surface area contributed by atoms with Crippen molar-refractivity contribution in [2.75, 3.05) is 0 Å². The summed E-state index contributed by atoms with van der Waals surface area (Å²) in [6.07, 6.45) is 2.23. The van der Waals surface area contributed by atoms with E-state index in [0.29, 0.717) is 16.8 Å². The smallest absolute Gasteiger partial charge is 0.216 e. The highest BCUT2D eigenvalue weighted by atomic mass is 32.1. The normalized spacial score (nSPS) is 11.2. The molecule has 1 aromatic heterocycles. The van der Waals surface area contributed by atoms with Crippen molar-refractivity contribution in [3.8, 4) is 11.5 Å². The van der Waals surface area contributed by atoms with Gasteiger partial charge in [0, 0.05) is 6.42 Å². The Morgan fingerprint density at radius 1 is 1.44 bits per heavy atom. The quantitative estimate of drug-likeness (QED) is 0.448. The molecule has 0 saturated carbocycles. The van der Waals surface area contributed by atoms with Crippen LogP contribution in [-0.4, -0.2) is 31.3 Å². The zero-order valence-corrected chi connectivity index (χ0v) is 10.5. The van der Waals surface area contributed by atoms with Gasteiger partial charge in [-0.1, -0.05) is 6.92 Å². The van der Waals surface area contributed by atoms with Crippen LogP contribution in [0.5, 0.6) is 11.5 Å². The number of hydrogen-bond donors (Lipinski definition) is 3. The Morgan fingerprint density at radius 2 is 2.22 bits per heavy atom. The Bertz CT molecular complexity index is 645. The molecule has 0 aliphatic carbocycles. The standard InChI is InChI=1S/C11H12N4O2S/c1-2-10-13-14-11(18)15(10)12-6-7-3-4-8(16)9(17)5-7/h3-6,16-17H,2H2,1H3,(H,14,18)/b12-6+. The number of aromatic hydroxyl groups is 2. The molecule has 7 heteroatoms. The van der Waals surface area contributed by atoms with E-state index in [1.54, 1.807) is 6.07 Å². The predicted octanol–water partition coefficient (Wildman–Crippen LogP) is 1.80. The molecule has 0 aliphatic heterocycles. The summed E-state index contributed by atoms with van der Waals surface area (Å²) < 4.78 is 1.92. The van der Waals surface area contributed by atoms with Gasteiger partial charge in [-0.2, -0.15) is 14.9 Å². The van der Waals surface area contributed by atoms with Crippen molar-refractivity contribution in [2.24, 2.45) is 5.10 Å². The summed E-state index contributed by atoms with van der Waals surface area (Å²) in [7, 11) is 0. The molecule has 0 bridgehead atoms. The van der Waals surface area contributed by atoms with Gasteiger partial charge < -0.3 is 10.2 Å². The van der Waals surface area contributed by atoms with Crippen molar-refractivity contribution in [3.05, 3.63) is 34.4 Å². The first-order valence-corrected chi connectivity index (χ1v) is 5.75. The monoisotopic (exact) mass is 264 g/mol. The third-order valence-electron chi connectivity index (χ3n) is 2.36. The molecule has 94 valence electrons. The van der Waals surface area contributed by atoms with Crippen molar-refractivity contribution in [2.45, 2.75) is 13.3 Å². The van der Waals surface area contributed by atoms with Crippen LogP contribution in [0.1, 0.15) is 18.3 Å². The first kappa shape index (κ1) is 12.3. The van der Waals surface area contributed by atoms with E-state index in [0.717, 1.165) is 5.82 Å². The number of nitrogens with zero attached hydrogens (tertiary/aromatic N) is 3. The molecular weight excluding hydrogens is 252 g/mol. The van der Waals surface area contributed by atoms with E-state index in [2.05, 4.69) is 15.3 Å². The molecule has 2 aromatic rings. The van der Waals surface area contributed by atoms with Crippen molar-refractivity contribution < 1.29 is 10.2 Å². The molecule has 0 amide bonds. The highest BCUT2D eigenvalue weighted by Crippen LogP contribution is 2.24. The van der Waals surface area contributed by atoms with Crippen LogP contribution in [0.25, 0.3) is 0 Å².